The molecule has 6 heteroatoms. The van der Waals surface area contributed by atoms with E-state index in [1.54, 1.807) is 24.3 Å². The maximum Gasteiger partial charge on any atom is 0.343 e. The average Bonchev–Trinajstić information content (AvgIpc) is 2.84. The summed E-state index contributed by atoms with van der Waals surface area (Å²) in [6.45, 7) is 2.93. The molecule has 0 aliphatic heterocycles. The Morgan fingerprint density at radius 2 is 1.38 bits per heavy atom. The van der Waals surface area contributed by atoms with Crippen LogP contribution in [0.2, 0.25) is 0 Å². The molecule has 34 heavy (non-hydrogen) atoms. The third kappa shape index (κ3) is 7.17. The highest BCUT2D eigenvalue weighted by Crippen LogP contribution is 2.24. The van der Waals surface area contributed by atoms with Crippen molar-refractivity contribution in [2.24, 2.45) is 0 Å². The number of benzene rings is 3. The third-order valence-corrected chi connectivity index (χ3v) is 5.46. The molecule has 0 radical (unpaired) electrons. The minimum atomic E-state index is -1.39. The molecule has 0 saturated carbocycles. The smallest absolute Gasteiger partial charge is 0.343 e. The topological polar surface area (TPSA) is 72.8 Å². The number of carbonyl (C=O) groups is 2. The predicted octanol–water partition coefficient (Wildman–Crippen LogP) is 7.15. The van der Waals surface area contributed by atoms with Gasteiger partial charge in [-0.1, -0.05) is 63.3 Å². The Morgan fingerprint density at radius 1 is 0.794 bits per heavy atom. The van der Waals surface area contributed by atoms with E-state index in [1.807, 2.05) is 24.3 Å². The van der Waals surface area contributed by atoms with Crippen LogP contribution in [0.15, 0.2) is 66.7 Å². The standard InChI is InChI=1S/C28H29FO5/c1-2-3-4-5-6-7-18-33-23-14-12-21(13-15-23)20-8-10-22(11-9-20)28(32)34-24-16-17-25(27(30)31)26(29)19-24/h8-17,19H,2-7,18H2,1H3,(H,30,31). The molecule has 0 aliphatic rings. The lowest BCUT2D eigenvalue weighted by atomic mass is 10.0. The van der Waals surface area contributed by atoms with Gasteiger partial charge in [-0.05, 0) is 53.9 Å². The van der Waals surface area contributed by atoms with Crippen LogP contribution in [0.1, 0.15) is 66.2 Å². The molecule has 3 aromatic rings. The molecule has 0 bridgehead atoms. The summed E-state index contributed by atoms with van der Waals surface area (Å²) in [7, 11) is 0. The first-order valence-corrected chi connectivity index (χ1v) is 11.6. The van der Waals surface area contributed by atoms with Crippen LogP contribution in [-0.2, 0) is 0 Å². The van der Waals surface area contributed by atoms with Crippen LogP contribution < -0.4 is 9.47 Å². The molecule has 0 fully saturated rings. The quantitative estimate of drug-likeness (QED) is 0.175. The predicted molar refractivity (Wildman–Crippen MR) is 129 cm³/mol. The highest BCUT2D eigenvalue weighted by molar-refractivity contribution is 5.92. The second-order valence-corrected chi connectivity index (χ2v) is 8.05. The number of ether oxygens (including phenoxy) is 2. The summed E-state index contributed by atoms with van der Waals surface area (Å²) >= 11 is 0. The van der Waals surface area contributed by atoms with Gasteiger partial charge in [0.25, 0.3) is 0 Å². The van der Waals surface area contributed by atoms with Crippen LogP contribution in [0.3, 0.4) is 0 Å². The number of carboxylic acid groups (broad SMARTS) is 1. The van der Waals surface area contributed by atoms with Gasteiger partial charge in [-0.15, -0.1) is 0 Å². The lowest BCUT2D eigenvalue weighted by Crippen LogP contribution is -2.09. The lowest BCUT2D eigenvalue weighted by Gasteiger charge is -2.09. The molecule has 0 unspecified atom stereocenters. The van der Waals surface area contributed by atoms with Gasteiger partial charge < -0.3 is 14.6 Å². The lowest BCUT2D eigenvalue weighted by molar-refractivity contribution is 0.0691. The molecule has 0 spiro atoms. The first-order valence-electron chi connectivity index (χ1n) is 11.6. The number of hydrogen-bond acceptors (Lipinski definition) is 4. The molecule has 5 nitrogen and oxygen atoms in total. The molecule has 178 valence electrons. The van der Waals surface area contributed by atoms with Crippen LogP contribution in [0.5, 0.6) is 11.5 Å². The number of carboxylic acids is 1. The molecule has 0 heterocycles. The van der Waals surface area contributed by atoms with E-state index < -0.39 is 23.3 Å². The van der Waals surface area contributed by atoms with Gasteiger partial charge in [0.15, 0.2) is 0 Å². The Bertz CT molecular complexity index is 1090. The van der Waals surface area contributed by atoms with Crippen molar-refractivity contribution in [3.63, 3.8) is 0 Å². The van der Waals surface area contributed by atoms with Crippen LogP contribution in [0.25, 0.3) is 11.1 Å². The zero-order chi connectivity index (χ0) is 24.3. The number of aromatic carboxylic acids is 1. The van der Waals surface area contributed by atoms with Crippen molar-refractivity contribution in [2.75, 3.05) is 6.61 Å². The minimum Gasteiger partial charge on any atom is -0.494 e. The molecule has 0 aliphatic carbocycles. The van der Waals surface area contributed by atoms with Crippen LogP contribution in [0.4, 0.5) is 4.39 Å². The first-order chi connectivity index (χ1) is 16.5. The molecule has 0 amide bonds. The zero-order valence-corrected chi connectivity index (χ0v) is 19.3. The fourth-order valence-electron chi connectivity index (χ4n) is 3.51. The van der Waals surface area contributed by atoms with Gasteiger partial charge in [-0.3, -0.25) is 0 Å². The highest BCUT2D eigenvalue weighted by Gasteiger charge is 2.14. The molecule has 1 N–H and O–H groups in total. The van der Waals surface area contributed by atoms with E-state index >= 15 is 0 Å². The average molecular weight is 465 g/mol. The first kappa shape index (κ1) is 25.0. The van der Waals surface area contributed by atoms with Gasteiger partial charge in [-0.25, -0.2) is 14.0 Å². The van der Waals surface area contributed by atoms with Crippen molar-refractivity contribution in [2.45, 2.75) is 45.4 Å². The molecular weight excluding hydrogens is 435 g/mol. The number of rotatable bonds is 12. The summed E-state index contributed by atoms with van der Waals surface area (Å²) in [5, 5.41) is 8.88. The van der Waals surface area contributed by atoms with E-state index in [4.69, 9.17) is 14.6 Å². The highest BCUT2D eigenvalue weighted by atomic mass is 19.1. The monoisotopic (exact) mass is 464 g/mol. The Balaban J connectivity index is 1.52. The minimum absolute atomic E-state index is 0.0619. The van der Waals surface area contributed by atoms with Gasteiger partial charge in [0.05, 0.1) is 17.7 Å². The Kier molecular flexibility index (Phi) is 9.21. The molecule has 0 aromatic heterocycles. The summed E-state index contributed by atoms with van der Waals surface area (Å²) in [5.41, 5.74) is 1.72. The summed E-state index contributed by atoms with van der Waals surface area (Å²) in [6.07, 6.45) is 7.34. The molecule has 0 saturated heterocycles. The van der Waals surface area contributed by atoms with E-state index in [-0.39, 0.29) is 5.75 Å². The third-order valence-electron chi connectivity index (χ3n) is 5.46. The van der Waals surface area contributed by atoms with Crippen molar-refractivity contribution >= 4 is 11.9 Å². The van der Waals surface area contributed by atoms with Crippen molar-refractivity contribution in [3.8, 4) is 22.6 Å². The van der Waals surface area contributed by atoms with Crippen LogP contribution >= 0.6 is 0 Å². The number of halogens is 1. The molecular formula is C28H29FO5. The maximum atomic E-state index is 13.8. The second kappa shape index (κ2) is 12.5. The normalized spacial score (nSPS) is 10.6. The van der Waals surface area contributed by atoms with Crippen LogP contribution in [0, 0.1) is 5.82 Å². The number of esters is 1. The maximum absolute atomic E-state index is 13.8. The van der Waals surface area contributed by atoms with E-state index in [2.05, 4.69) is 6.92 Å². The number of carbonyl (C=O) groups excluding carboxylic acids is 1. The summed E-state index contributed by atoms with van der Waals surface area (Å²) in [5.74, 6) is -2.24. The van der Waals surface area contributed by atoms with Crippen LogP contribution in [-0.4, -0.2) is 23.7 Å². The summed E-state index contributed by atoms with van der Waals surface area (Å²) < 4.78 is 24.8. The molecule has 3 aromatic carbocycles. The van der Waals surface area contributed by atoms with Gasteiger partial charge in [0, 0.05) is 6.07 Å². The number of unbranched alkanes of at least 4 members (excludes halogenated alkanes) is 5. The van der Waals surface area contributed by atoms with Gasteiger partial charge in [0.2, 0.25) is 0 Å². The van der Waals surface area contributed by atoms with E-state index in [0.717, 1.165) is 35.4 Å². The number of hydrogen-bond donors (Lipinski definition) is 1. The molecule has 0 atom stereocenters. The Morgan fingerprint density at radius 3 is 2.00 bits per heavy atom. The Hall–Kier alpha value is -3.67. The second-order valence-electron chi connectivity index (χ2n) is 8.05. The van der Waals surface area contributed by atoms with E-state index in [9.17, 15) is 14.0 Å². The summed E-state index contributed by atoms with van der Waals surface area (Å²) in [6, 6.07) is 17.9. The van der Waals surface area contributed by atoms with Crippen molar-refractivity contribution in [1.29, 1.82) is 0 Å². The SMILES string of the molecule is CCCCCCCCOc1ccc(-c2ccc(C(=O)Oc3ccc(C(=O)O)c(F)c3)cc2)cc1. The largest absolute Gasteiger partial charge is 0.494 e. The van der Waals surface area contributed by atoms with Gasteiger partial charge >= 0.3 is 11.9 Å². The van der Waals surface area contributed by atoms with Gasteiger partial charge in [0.1, 0.15) is 17.3 Å². The van der Waals surface area contributed by atoms with Crippen molar-refractivity contribution in [3.05, 3.63) is 83.7 Å². The van der Waals surface area contributed by atoms with E-state index in [0.29, 0.717) is 12.2 Å². The van der Waals surface area contributed by atoms with E-state index in [1.165, 1.54) is 38.2 Å². The fourth-order valence-corrected chi connectivity index (χ4v) is 3.51. The Labute approximate surface area is 199 Å². The van der Waals surface area contributed by atoms with Crippen molar-refractivity contribution < 1.29 is 28.6 Å². The molecule has 3 rings (SSSR count). The zero-order valence-electron chi connectivity index (χ0n) is 19.3. The van der Waals surface area contributed by atoms with Gasteiger partial charge in [-0.2, -0.15) is 0 Å². The summed E-state index contributed by atoms with van der Waals surface area (Å²) in [4.78, 5) is 23.2. The van der Waals surface area contributed by atoms with Crippen molar-refractivity contribution in [1.82, 2.24) is 0 Å². The fraction of sp³-hybridized carbons (Fsp3) is 0.286.